The highest BCUT2D eigenvalue weighted by atomic mass is 32.1. The number of anilines is 1. The molecule has 1 aromatic rings. The Morgan fingerprint density at radius 1 is 1.14 bits per heavy atom. The zero-order valence-corrected chi connectivity index (χ0v) is 18.6. The molecule has 2 heterocycles. The predicted molar refractivity (Wildman–Crippen MR) is 115 cm³/mol. The average molecular weight is 416 g/mol. The van der Waals surface area contributed by atoms with Crippen LogP contribution in [0.1, 0.15) is 70.9 Å². The third-order valence-electron chi connectivity index (χ3n) is 9.29. The number of carbonyl (C=O) groups excluding carboxylic acids is 2. The quantitative estimate of drug-likeness (QED) is 0.746. The van der Waals surface area contributed by atoms with E-state index in [4.69, 9.17) is 0 Å². The molecule has 0 unspecified atom stereocenters. The first-order chi connectivity index (χ1) is 13.8. The number of carbonyl (C=O) groups is 2. The Balaban J connectivity index is 1.35. The van der Waals surface area contributed by atoms with E-state index in [0.717, 1.165) is 36.4 Å². The van der Waals surface area contributed by atoms with Gasteiger partial charge in [0, 0.05) is 18.4 Å². The number of amides is 2. The molecule has 5 rings (SSSR count). The van der Waals surface area contributed by atoms with E-state index in [-0.39, 0.29) is 28.6 Å². The first-order valence-corrected chi connectivity index (χ1v) is 12.1. The van der Waals surface area contributed by atoms with Crippen LogP contribution in [-0.2, 0) is 9.59 Å². The van der Waals surface area contributed by atoms with E-state index in [9.17, 15) is 9.59 Å². The zero-order valence-electron chi connectivity index (χ0n) is 17.8. The number of hydrogen-bond acceptors (Lipinski definition) is 4. The molecule has 1 aromatic heterocycles. The van der Waals surface area contributed by atoms with Crippen molar-refractivity contribution in [3.05, 3.63) is 11.8 Å². The molecule has 4 fully saturated rings. The second-order valence-corrected chi connectivity index (χ2v) is 11.4. The van der Waals surface area contributed by atoms with Gasteiger partial charge in [0.1, 0.15) is 5.00 Å². The van der Waals surface area contributed by atoms with Crippen molar-refractivity contribution in [2.24, 2.45) is 34.5 Å². The molecule has 2 N–H and O–H groups in total. The number of aromatic nitrogens is 1. The van der Waals surface area contributed by atoms with E-state index in [2.05, 4.69) is 28.9 Å². The summed E-state index contributed by atoms with van der Waals surface area (Å²) >= 11 is 1.38. The molecule has 3 saturated carbocycles. The Labute approximate surface area is 177 Å². The summed E-state index contributed by atoms with van der Waals surface area (Å²) in [5.74, 6) is 2.56. The number of nitrogens with zero attached hydrogens (tertiary/aromatic N) is 1. The molecular formula is C23H33N3O2S. The van der Waals surface area contributed by atoms with Gasteiger partial charge < -0.3 is 10.6 Å². The molecule has 0 radical (unpaired) electrons. The zero-order chi connectivity index (χ0) is 20.4. The first kappa shape index (κ1) is 19.5. The summed E-state index contributed by atoms with van der Waals surface area (Å²) in [5, 5.41) is 7.35. The molecule has 0 spiro atoms. The van der Waals surface area contributed by atoms with E-state index in [0.29, 0.717) is 30.2 Å². The fourth-order valence-corrected chi connectivity index (χ4v) is 8.43. The summed E-state index contributed by atoms with van der Waals surface area (Å²) in [4.78, 5) is 25.2. The molecule has 2 amide bonds. The third kappa shape index (κ3) is 2.96. The molecule has 0 bridgehead atoms. The van der Waals surface area contributed by atoms with Gasteiger partial charge in [0.05, 0.1) is 5.69 Å². The van der Waals surface area contributed by atoms with Crippen LogP contribution in [0.2, 0.25) is 0 Å². The van der Waals surface area contributed by atoms with Crippen LogP contribution in [0.4, 0.5) is 5.00 Å². The van der Waals surface area contributed by atoms with Gasteiger partial charge in [0.2, 0.25) is 11.8 Å². The van der Waals surface area contributed by atoms with Gasteiger partial charge in [-0.15, -0.1) is 0 Å². The van der Waals surface area contributed by atoms with Gasteiger partial charge in [-0.3, -0.25) is 9.59 Å². The van der Waals surface area contributed by atoms with Crippen molar-refractivity contribution < 1.29 is 9.59 Å². The largest absolute Gasteiger partial charge is 0.353 e. The lowest BCUT2D eigenvalue weighted by Gasteiger charge is -2.60. The molecule has 158 valence electrons. The SMILES string of the molecule is Cc1cc(NC(=O)[C@H]2CC[C@H]3[C@@H]4CC[C@H]5NC(=O)CC[C@]5(C)[C@H]4CC[C@]23C)sn1. The van der Waals surface area contributed by atoms with Gasteiger partial charge in [-0.05, 0) is 98.1 Å². The Kier molecular flexibility index (Phi) is 4.57. The summed E-state index contributed by atoms with van der Waals surface area (Å²) in [6.45, 7) is 6.78. The van der Waals surface area contributed by atoms with Crippen molar-refractivity contribution in [3.8, 4) is 0 Å². The molecule has 4 aliphatic rings. The molecule has 0 aromatic carbocycles. The summed E-state index contributed by atoms with van der Waals surface area (Å²) in [6.07, 6.45) is 8.52. The number of piperidine rings is 1. The maximum atomic E-state index is 13.2. The average Bonchev–Trinajstić information content (AvgIpc) is 3.24. The predicted octanol–water partition coefficient (Wildman–Crippen LogP) is 4.53. The molecule has 1 aliphatic heterocycles. The van der Waals surface area contributed by atoms with Crippen LogP contribution in [0.25, 0.3) is 0 Å². The van der Waals surface area contributed by atoms with E-state index in [1.807, 2.05) is 13.0 Å². The van der Waals surface area contributed by atoms with Crippen molar-refractivity contribution in [2.75, 3.05) is 5.32 Å². The summed E-state index contributed by atoms with van der Waals surface area (Å²) in [6, 6.07) is 2.32. The minimum Gasteiger partial charge on any atom is -0.353 e. The number of rotatable bonds is 2. The monoisotopic (exact) mass is 415 g/mol. The van der Waals surface area contributed by atoms with Crippen molar-refractivity contribution in [1.29, 1.82) is 0 Å². The molecule has 7 atom stereocenters. The van der Waals surface area contributed by atoms with Crippen molar-refractivity contribution >= 4 is 28.3 Å². The van der Waals surface area contributed by atoms with Crippen LogP contribution < -0.4 is 10.6 Å². The number of fused-ring (bicyclic) bond motifs is 5. The minimum atomic E-state index is 0.103. The van der Waals surface area contributed by atoms with E-state index in [1.54, 1.807) is 0 Å². The molecule has 1 saturated heterocycles. The number of aryl methyl sites for hydroxylation is 1. The van der Waals surface area contributed by atoms with Gasteiger partial charge in [0.25, 0.3) is 0 Å². The van der Waals surface area contributed by atoms with Gasteiger partial charge >= 0.3 is 0 Å². The summed E-state index contributed by atoms with van der Waals surface area (Å²) < 4.78 is 4.30. The lowest BCUT2D eigenvalue weighted by atomic mass is 9.47. The molecule has 6 heteroatoms. The standard InChI is InChI=1S/C23H33N3O2S/c1-13-12-20(29-26-13)25-21(28)17-6-5-15-14-4-7-18-23(3,11-9-19(27)24-18)16(14)8-10-22(15,17)2/h12,14-18H,4-11H2,1-3H3,(H,24,27)(H,25,28)/t14-,15-,16-,17+,18+,22-,23+/m0/s1. The van der Waals surface area contributed by atoms with Crippen LogP contribution in [0, 0.1) is 41.4 Å². The normalized spacial score (nSPS) is 43.7. The Hall–Kier alpha value is -1.43. The van der Waals surface area contributed by atoms with E-state index in [1.165, 1.54) is 30.8 Å². The maximum Gasteiger partial charge on any atom is 0.228 e. The fraction of sp³-hybridized carbons (Fsp3) is 0.783. The molecular weight excluding hydrogens is 382 g/mol. The van der Waals surface area contributed by atoms with Crippen LogP contribution >= 0.6 is 11.5 Å². The smallest absolute Gasteiger partial charge is 0.228 e. The third-order valence-corrected chi connectivity index (χ3v) is 10.1. The molecule has 29 heavy (non-hydrogen) atoms. The Bertz CT molecular complexity index is 838. The summed E-state index contributed by atoms with van der Waals surface area (Å²) in [7, 11) is 0. The van der Waals surface area contributed by atoms with Crippen LogP contribution in [0.15, 0.2) is 6.07 Å². The number of hydrogen-bond donors (Lipinski definition) is 2. The van der Waals surface area contributed by atoms with Gasteiger partial charge in [-0.25, -0.2) is 0 Å². The van der Waals surface area contributed by atoms with Crippen LogP contribution in [-0.4, -0.2) is 22.2 Å². The maximum absolute atomic E-state index is 13.2. The van der Waals surface area contributed by atoms with Gasteiger partial charge in [0.15, 0.2) is 0 Å². The highest BCUT2D eigenvalue weighted by Gasteiger charge is 2.61. The van der Waals surface area contributed by atoms with E-state index >= 15 is 0 Å². The van der Waals surface area contributed by atoms with Crippen molar-refractivity contribution in [3.63, 3.8) is 0 Å². The van der Waals surface area contributed by atoms with E-state index < -0.39 is 0 Å². The van der Waals surface area contributed by atoms with Crippen molar-refractivity contribution in [1.82, 2.24) is 9.69 Å². The second kappa shape index (κ2) is 6.79. The lowest BCUT2D eigenvalue weighted by molar-refractivity contribution is -0.139. The minimum absolute atomic E-state index is 0.103. The van der Waals surface area contributed by atoms with Gasteiger partial charge in [-0.1, -0.05) is 13.8 Å². The molecule has 3 aliphatic carbocycles. The van der Waals surface area contributed by atoms with Gasteiger partial charge in [-0.2, -0.15) is 4.37 Å². The first-order valence-electron chi connectivity index (χ1n) is 11.3. The fourth-order valence-electron chi connectivity index (χ4n) is 7.76. The van der Waals surface area contributed by atoms with Crippen molar-refractivity contribution in [2.45, 2.75) is 78.2 Å². The Morgan fingerprint density at radius 2 is 1.93 bits per heavy atom. The highest BCUT2D eigenvalue weighted by molar-refractivity contribution is 7.10. The van der Waals surface area contributed by atoms with Crippen LogP contribution in [0.3, 0.4) is 0 Å². The highest BCUT2D eigenvalue weighted by Crippen LogP contribution is 2.65. The number of nitrogens with one attached hydrogen (secondary N) is 2. The lowest BCUT2D eigenvalue weighted by Crippen LogP contribution is -2.61. The second-order valence-electron chi connectivity index (χ2n) is 10.6. The van der Waals surface area contributed by atoms with Crippen LogP contribution in [0.5, 0.6) is 0 Å². The molecule has 5 nitrogen and oxygen atoms in total. The Morgan fingerprint density at radius 3 is 2.69 bits per heavy atom. The topological polar surface area (TPSA) is 71.1 Å². The summed E-state index contributed by atoms with van der Waals surface area (Å²) in [5.41, 5.74) is 1.30.